The largest absolute Gasteiger partial charge is 0.463 e. The van der Waals surface area contributed by atoms with Gasteiger partial charge in [0.1, 0.15) is 37.6 Å². The lowest BCUT2D eigenvalue weighted by Gasteiger charge is -2.48. The standard InChI is InChI=1S/C35H41Cl2NO18/c1-15(39)47-13-25-29(56-35-33(52-20(6)44)32(51-19(5)43)30(49-17(3)41)26(55-35)14-48-16(2)40)31(50-18(4)42)28(34(54-25)53-21(7)45)38-27(46)11-9-22-8-10-23(36)12-24(22)37/h8-12,25-26,28-35H,13-14H2,1-7H3,(H,38,46)/b11-9+/t25-,26-,28-,29-,30+,31-,32+,33-,34-,35+/m1/s1. The molecule has 0 bridgehead atoms. The highest BCUT2D eigenvalue weighted by Gasteiger charge is 2.57. The van der Waals surface area contributed by atoms with Gasteiger partial charge in [0.15, 0.2) is 30.7 Å². The molecule has 3 rings (SSSR count). The van der Waals surface area contributed by atoms with Crippen molar-refractivity contribution in [1.29, 1.82) is 0 Å². The second-order valence-corrected chi connectivity index (χ2v) is 13.1. The van der Waals surface area contributed by atoms with Crippen LogP contribution in [0.2, 0.25) is 10.0 Å². The Hall–Kier alpha value is -4.82. The van der Waals surface area contributed by atoms with E-state index >= 15 is 0 Å². The summed E-state index contributed by atoms with van der Waals surface area (Å²) < 4.78 is 56.1. The number of hydrogen-bond acceptors (Lipinski definition) is 18. The first-order valence-electron chi connectivity index (χ1n) is 16.8. The van der Waals surface area contributed by atoms with Gasteiger partial charge in [0.05, 0.1) is 0 Å². The molecule has 2 fully saturated rings. The third-order valence-corrected chi connectivity index (χ3v) is 8.17. The molecule has 21 heteroatoms. The molecule has 2 aliphatic heterocycles. The molecule has 308 valence electrons. The number of ether oxygens (including phenoxy) is 10. The number of carbonyl (C=O) groups excluding carboxylic acids is 8. The van der Waals surface area contributed by atoms with Gasteiger partial charge in [0.2, 0.25) is 12.2 Å². The summed E-state index contributed by atoms with van der Waals surface area (Å²) in [6.07, 6.45) is -12.5. The zero-order valence-electron chi connectivity index (χ0n) is 31.2. The molecule has 0 unspecified atom stereocenters. The van der Waals surface area contributed by atoms with Crippen molar-refractivity contribution < 1.29 is 85.7 Å². The second-order valence-electron chi connectivity index (χ2n) is 12.2. The van der Waals surface area contributed by atoms with Gasteiger partial charge in [-0.25, -0.2) is 0 Å². The minimum atomic E-state index is -1.87. The van der Waals surface area contributed by atoms with Crippen molar-refractivity contribution in [2.75, 3.05) is 13.2 Å². The zero-order valence-corrected chi connectivity index (χ0v) is 32.7. The molecule has 0 saturated carbocycles. The predicted molar refractivity (Wildman–Crippen MR) is 187 cm³/mol. The van der Waals surface area contributed by atoms with Gasteiger partial charge in [0.25, 0.3) is 0 Å². The molecular weight excluding hydrogens is 793 g/mol. The monoisotopic (exact) mass is 833 g/mol. The highest BCUT2D eigenvalue weighted by molar-refractivity contribution is 6.35. The maximum atomic E-state index is 13.4. The smallest absolute Gasteiger partial charge is 0.305 e. The predicted octanol–water partition coefficient (Wildman–Crippen LogP) is 1.74. The third-order valence-electron chi connectivity index (χ3n) is 7.61. The minimum absolute atomic E-state index is 0.213. The van der Waals surface area contributed by atoms with Gasteiger partial charge in [0, 0.05) is 64.6 Å². The van der Waals surface area contributed by atoms with E-state index in [1.165, 1.54) is 18.2 Å². The lowest BCUT2D eigenvalue weighted by molar-refractivity contribution is -0.348. The van der Waals surface area contributed by atoms with Crippen LogP contribution >= 0.6 is 23.2 Å². The molecule has 56 heavy (non-hydrogen) atoms. The second kappa shape index (κ2) is 20.9. The maximum Gasteiger partial charge on any atom is 0.305 e. The average Bonchev–Trinajstić information content (AvgIpc) is 3.06. The number of esters is 7. The van der Waals surface area contributed by atoms with Crippen LogP contribution in [0.1, 0.15) is 54.0 Å². The van der Waals surface area contributed by atoms with Crippen LogP contribution in [0, 0.1) is 0 Å². The van der Waals surface area contributed by atoms with E-state index in [1.807, 2.05) is 0 Å². The van der Waals surface area contributed by atoms with E-state index < -0.39 is 122 Å². The molecule has 1 amide bonds. The van der Waals surface area contributed by atoms with Crippen molar-refractivity contribution in [3.05, 3.63) is 39.9 Å². The first-order chi connectivity index (χ1) is 26.2. The van der Waals surface area contributed by atoms with Gasteiger partial charge in [-0.1, -0.05) is 29.3 Å². The summed E-state index contributed by atoms with van der Waals surface area (Å²) in [5.74, 6) is -7.03. The summed E-state index contributed by atoms with van der Waals surface area (Å²) >= 11 is 12.2. The Bertz CT molecular complexity index is 1680. The van der Waals surface area contributed by atoms with Crippen LogP contribution in [0.25, 0.3) is 6.08 Å². The van der Waals surface area contributed by atoms with Crippen molar-refractivity contribution in [2.24, 2.45) is 0 Å². The highest BCUT2D eigenvalue weighted by atomic mass is 35.5. The van der Waals surface area contributed by atoms with Crippen LogP contribution in [0.4, 0.5) is 0 Å². The number of carbonyl (C=O) groups is 8. The van der Waals surface area contributed by atoms with E-state index in [1.54, 1.807) is 6.07 Å². The van der Waals surface area contributed by atoms with Crippen molar-refractivity contribution in [3.63, 3.8) is 0 Å². The van der Waals surface area contributed by atoms with E-state index in [9.17, 15) is 38.4 Å². The van der Waals surface area contributed by atoms with Gasteiger partial charge in [-0.2, -0.15) is 0 Å². The van der Waals surface area contributed by atoms with Crippen LogP contribution in [-0.2, 0) is 85.7 Å². The van der Waals surface area contributed by atoms with E-state index in [0.717, 1.165) is 54.5 Å². The minimum Gasteiger partial charge on any atom is -0.463 e. The van der Waals surface area contributed by atoms with Crippen LogP contribution in [0.3, 0.4) is 0 Å². The van der Waals surface area contributed by atoms with E-state index in [0.29, 0.717) is 10.6 Å². The van der Waals surface area contributed by atoms with Crippen molar-refractivity contribution >= 4 is 77.0 Å². The van der Waals surface area contributed by atoms with Gasteiger partial charge < -0.3 is 52.7 Å². The molecule has 0 aromatic heterocycles. The molecule has 2 aliphatic rings. The fourth-order valence-corrected chi connectivity index (χ4v) is 6.09. The first kappa shape index (κ1) is 45.6. The Morgan fingerprint density at radius 2 is 1.09 bits per heavy atom. The number of benzene rings is 1. The van der Waals surface area contributed by atoms with Gasteiger partial charge in [-0.3, -0.25) is 38.4 Å². The van der Waals surface area contributed by atoms with E-state index in [4.69, 9.17) is 70.6 Å². The van der Waals surface area contributed by atoms with Crippen molar-refractivity contribution in [1.82, 2.24) is 5.32 Å². The molecule has 1 aromatic rings. The Labute approximate surface area is 330 Å². The summed E-state index contributed by atoms with van der Waals surface area (Å²) in [5, 5.41) is 3.12. The number of halogens is 2. The Balaban J connectivity index is 2.17. The first-order valence-corrected chi connectivity index (χ1v) is 17.5. The number of rotatable bonds is 14. The Kier molecular flexibility index (Phi) is 17.0. The molecule has 10 atom stereocenters. The molecule has 2 saturated heterocycles. The Morgan fingerprint density at radius 3 is 1.61 bits per heavy atom. The van der Waals surface area contributed by atoms with Gasteiger partial charge in [-0.05, 0) is 23.8 Å². The highest BCUT2D eigenvalue weighted by Crippen LogP contribution is 2.35. The van der Waals surface area contributed by atoms with Crippen LogP contribution in [-0.4, -0.2) is 122 Å². The number of amides is 1. The van der Waals surface area contributed by atoms with E-state index in [-0.39, 0.29) is 5.02 Å². The number of nitrogens with one attached hydrogen (secondary N) is 1. The molecule has 1 aromatic carbocycles. The Morgan fingerprint density at radius 1 is 0.607 bits per heavy atom. The summed E-state index contributed by atoms with van der Waals surface area (Å²) in [6.45, 7) is 6.01. The van der Waals surface area contributed by atoms with Crippen molar-refractivity contribution in [3.8, 4) is 0 Å². The third kappa shape index (κ3) is 13.7. The lowest BCUT2D eigenvalue weighted by atomic mass is 9.94. The van der Waals surface area contributed by atoms with Crippen LogP contribution < -0.4 is 5.32 Å². The zero-order chi connectivity index (χ0) is 41.9. The lowest BCUT2D eigenvalue weighted by Crippen LogP contribution is -2.69. The van der Waals surface area contributed by atoms with Crippen molar-refractivity contribution in [2.45, 2.75) is 110 Å². The normalized spacial score (nSPS) is 27.2. The fraction of sp³-hybridized carbons (Fsp3) is 0.543. The molecular formula is C35H41Cl2NO18. The summed E-state index contributed by atoms with van der Waals surface area (Å²) in [4.78, 5) is 99.2. The van der Waals surface area contributed by atoms with Gasteiger partial charge in [-0.15, -0.1) is 0 Å². The molecule has 1 N–H and O–H groups in total. The topological polar surface area (TPSA) is 241 Å². The number of hydrogen-bond donors (Lipinski definition) is 1. The SMILES string of the molecule is CC(=O)OC[C@H]1O[C@@H](O[C@H]2[C@H](OC(C)=O)[C@@H](NC(=O)/C=C/c3ccc(Cl)cc3Cl)[C@H](OC(C)=O)O[C@@H]2COC(C)=O)[C@H](OC(C)=O)[C@@H](OC(C)=O)[C@H]1OC(C)=O. The van der Waals surface area contributed by atoms with Gasteiger partial charge >= 0.3 is 41.8 Å². The quantitative estimate of drug-likeness (QED) is 0.159. The fourth-order valence-electron chi connectivity index (χ4n) is 5.62. The average molecular weight is 835 g/mol. The summed E-state index contributed by atoms with van der Waals surface area (Å²) in [6, 6.07) is 2.94. The summed E-state index contributed by atoms with van der Waals surface area (Å²) in [7, 11) is 0. The summed E-state index contributed by atoms with van der Waals surface area (Å²) in [5.41, 5.74) is 0.394. The maximum absolute atomic E-state index is 13.4. The van der Waals surface area contributed by atoms with Crippen LogP contribution in [0.15, 0.2) is 24.3 Å². The molecule has 0 aliphatic carbocycles. The molecule has 0 radical (unpaired) electrons. The molecule has 2 heterocycles. The van der Waals surface area contributed by atoms with E-state index in [2.05, 4.69) is 5.32 Å². The molecule has 19 nitrogen and oxygen atoms in total. The van der Waals surface area contributed by atoms with Crippen LogP contribution in [0.5, 0.6) is 0 Å². The molecule has 0 spiro atoms.